The van der Waals surface area contributed by atoms with Crippen molar-refractivity contribution in [2.45, 2.75) is 0 Å². The van der Waals surface area contributed by atoms with Gasteiger partial charge in [-0.3, -0.25) is 0 Å². The van der Waals surface area contributed by atoms with Gasteiger partial charge in [-0.05, 0) is 28.0 Å². The summed E-state index contributed by atoms with van der Waals surface area (Å²) in [4.78, 5) is 13.5. The van der Waals surface area contributed by atoms with Crippen LogP contribution in [0.3, 0.4) is 0 Å². The zero-order valence-electron chi connectivity index (χ0n) is 17.2. The van der Waals surface area contributed by atoms with E-state index in [0.717, 1.165) is 3.30 Å². The number of hydrogen-bond acceptors (Lipinski definition) is 2. The lowest BCUT2D eigenvalue weighted by molar-refractivity contribution is -0.502. The third kappa shape index (κ3) is 4.39. The van der Waals surface area contributed by atoms with Crippen LogP contribution in [0, 0.1) is 3.57 Å². The highest BCUT2D eigenvalue weighted by Gasteiger charge is 2.42. The third-order valence-corrected chi connectivity index (χ3v) is 14.0. The predicted octanol–water partition coefficient (Wildman–Crippen LogP) is 1.24. The van der Waals surface area contributed by atoms with E-state index < -0.39 is 28.1 Å². The Morgan fingerprint density at radius 1 is 0.613 bits per heavy atom. The summed E-state index contributed by atoms with van der Waals surface area (Å²) in [6, 6.07) is 41.7. The molecule has 0 amide bonds. The minimum Gasteiger partial charge on any atom is -0.463 e. The number of carbonyl (C=O) groups excluding carboxylic acids is 1. The molecule has 0 radical (unpaired) electrons. The average molecular weight is 537 g/mol. The molecule has 4 aromatic carbocycles. The van der Waals surface area contributed by atoms with Crippen molar-refractivity contribution in [3.8, 4) is 0 Å². The van der Waals surface area contributed by atoms with Crippen LogP contribution in [0.5, 0.6) is 0 Å². The molecule has 0 spiro atoms. The van der Waals surface area contributed by atoms with Crippen molar-refractivity contribution in [1.82, 2.24) is 0 Å². The van der Waals surface area contributed by atoms with Gasteiger partial charge in [0.15, 0.2) is 3.57 Å². The first-order valence-corrected chi connectivity index (χ1v) is 13.9. The van der Waals surface area contributed by atoms with Gasteiger partial charge >= 0.3 is 27.2 Å². The molecular weight excluding hydrogens is 514 g/mol. The molecule has 31 heavy (non-hydrogen) atoms. The second-order valence-corrected chi connectivity index (χ2v) is 13.9. The number of hydrogen-bond donors (Lipinski definition) is 0. The highest BCUT2D eigenvalue weighted by atomic mass is 127. The first-order valence-electron chi connectivity index (χ1n) is 9.98. The van der Waals surface area contributed by atoms with Gasteiger partial charge < -0.3 is 4.74 Å². The van der Waals surface area contributed by atoms with E-state index in [-0.39, 0.29) is 5.97 Å². The molecule has 4 rings (SSSR count). The number of methoxy groups -OCH3 is 1. The molecule has 2 nitrogen and oxygen atoms in total. The molecule has 0 aliphatic rings. The third-order valence-electron chi connectivity index (χ3n) is 5.01. The van der Waals surface area contributed by atoms with Crippen LogP contribution >= 0.6 is 6.89 Å². The monoisotopic (exact) mass is 537 g/mol. The molecule has 0 saturated heterocycles. The topological polar surface area (TPSA) is 26.3 Å². The lowest BCUT2D eigenvalue weighted by atomic mass is 10.4. The molecule has 4 heteroatoms. The minimum atomic E-state index is -2.41. The van der Waals surface area contributed by atoms with Gasteiger partial charge in [0.25, 0.3) is 3.30 Å². The summed E-state index contributed by atoms with van der Waals surface area (Å²) in [5, 5.41) is 3.51. The van der Waals surface area contributed by atoms with E-state index in [0.29, 0.717) is 0 Å². The normalized spacial score (nSPS) is 11.0. The molecule has 0 fully saturated rings. The first kappa shape index (κ1) is 21.6. The van der Waals surface area contributed by atoms with Crippen LogP contribution in [0.1, 0.15) is 0 Å². The lowest BCUT2D eigenvalue weighted by Gasteiger charge is -2.27. The molecule has 0 heterocycles. The number of ether oxygens (including phenoxy) is 1. The fraction of sp³-hybridized carbons (Fsp3) is 0.0370. The molecule has 0 aliphatic carbocycles. The Balaban J connectivity index is 2.20. The van der Waals surface area contributed by atoms with Crippen LogP contribution in [-0.2, 0) is 9.53 Å². The van der Waals surface area contributed by atoms with E-state index >= 15 is 0 Å². The number of benzene rings is 4. The fourth-order valence-corrected chi connectivity index (χ4v) is 13.6. The highest BCUT2D eigenvalue weighted by Crippen LogP contribution is 2.44. The van der Waals surface area contributed by atoms with Crippen LogP contribution in [0.25, 0.3) is 0 Å². The Labute approximate surface area is 194 Å². The van der Waals surface area contributed by atoms with E-state index in [2.05, 4.69) is 84.9 Å². The van der Waals surface area contributed by atoms with Crippen molar-refractivity contribution in [1.29, 1.82) is 0 Å². The molecule has 0 N–H and O–H groups in total. The maximum absolute atomic E-state index is 13.5. The van der Waals surface area contributed by atoms with Crippen molar-refractivity contribution in [2.24, 2.45) is 0 Å². The Hall–Kier alpha value is -2.62. The zero-order chi connectivity index (χ0) is 21.5. The van der Waals surface area contributed by atoms with Gasteiger partial charge in [0, 0.05) is 6.89 Å². The molecule has 154 valence electrons. The summed E-state index contributed by atoms with van der Waals surface area (Å²) in [5.74, 6) is -0.207. The van der Waals surface area contributed by atoms with Crippen molar-refractivity contribution in [2.75, 3.05) is 7.11 Å². The summed E-state index contributed by atoms with van der Waals surface area (Å²) in [6.07, 6.45) is 0. The fourth-order valence-electron chi connectivity index (χ4n) is 3.65. The van der Waals surface area contributed by atoms with E-state index in [4.69, 9.17) is 4.74 Å². The highest BCUT2D eigenvalue weighted by molar-refractivity contribution is 7.96. The number of esters is 1. The summed E-state index contributed by atoms with van der Waals surface area (Å²) in [5.41, 5.74) is 0. The summed E-state index contributed by atoms with van der Waals surface area (Å²) >= 11 is -0.761. The minimum absolute atomic E-state index is 0.207. The Bertz CT molecular complexity index is 1090. The maximum Gasteiger partial charge on any atom is 0.385 e. The van der Waals surface area contributed by atoms with Crippen LogP contribution in [0.15, 0.2) is 121 Å². The number of halogens is 1. The summed E-state index contributed by atoms with van der Waals surface area (Å²) in [7, 11) is 1.49. The maximum atomic E-state index is 13.5. The Morgan fingerprint density at radius 2 is 0.968 bits per heavy atom. The van der Waals surface area contributed by atoms with Crippen LogP contribution in [-0.4, -0.2) is 16.4 Å². The number of carbonyl (C=O) groups is 1. The van der Waals surface area contributed by atoms with E-state index in [9.17, 15) is 4.79 Å². The molecule has 0 aliphatic heterocycles. The van der Waals surface area contributed by atoms with Gasteiger partial charge in [0.05, 0.1) is 7.11 Å². The second-order valence-electron chi connectivity index (χ2n) is 6.85. The predicted molar refractivity (Wildman–Crippen MR) is 127 cm³/mol. The molecule has 0 aromatic heterocycles. The van der Waals surface area contributed by atoms with E-state index in [1.807, 2.05) is 36.4 Å². The Morgan fingerprint density at radius 3 is 1.32 bits per heavy atom. The van der Waals surface area contributed by atoms with Crippen LogP contribution < -0.4 is 37.1 Å². The van der Waals surface area contributed by atoms with Gasteiger partial charge in [-0.15, -0.1) is 0 Å². The van der Waals surface area contributed by atoms with Gasteiger partial charge in [-0.2, -0.15) is 0 Å². The van der Waals surface area contributed by atoms with Crippen molar-refractivity contribution >= 4 is 32.1 Å². The second kappa shape index (κ2) is 10.1. The SMILES string of the molecule is COC(=O)C([I+]c1ccccc1)=P(c1ccccc1)(c1ccccc1)c1ccccc1. The molecule has 0 saturated carbocycles. The molecule has 0 unspecified atom stereocenters. The molecule has 0 atom stereocenters. The summed E-state index contributed by atoms with van der Waals surface area (Å²) in [6.45, 7) is -2.41. The van der Waals surface area contributed by atoms with E-state index in [1.54, 1.807) is 0 Å². The van der Waals surface area contributed by atoms with Crippen molar-refractivity contribution < 1.29 is 30.7 Å². The summed E-state index contributed by atoms with van der Waals surface area (Å²) < 4.78 is 7.54. The Kier molecular flexibility index (Phi) is 7.06. The van der Waals surface area contributed by atoms with Gasteiger partial charge in [0.2, 0.25) is 0 Å². The zero-order valence-corrected chi connectivity index (χ0v) is 20.2. The first-order chi connectivity index (χ1) is 15.3. The van der Waals surface area contributed by atoms with Crippen LogP contribution in [0.2, 0.25) is 0 Å². The molecular formula is C27H23IO2P+. The average Bonchev–Trinajstić information content (AvgIpc) is 2.86. The largest absolute Gasteiger partial charge is 0.463 e. The van der Waals surface area contributed by atoms with Crippen molar-refractivity contribution in [3.05, 3.63) is 125 Å². The van der Waals surface area contributed by atoms with Gasteiger partial charge in [-0.25, -0.2) is 4.79 Å². The smallest absolute Gasteiger partial charge is 0.385 e. The van der Waals surface area contributed by atoms with Crippen LogP contribution in [0.4, 0.5) is 0 Å². The van der Waals surface area contributed by atoms with Gasteiger partial charge in [0.1, 0.15) is 0 Å². The molecule has 0 bridgehead atoms. The lowest BCUT2D eigenvalue weighted by Crippen LogP contribution is -3.65. The van der Waals surface area contributed by atoms with Gasteiger partial charge in [-0.1, -0.05) is 109 Å². The standard InChI is InChI=1S/C27H23IO2P/c1-30-27(29)26(28-22-14-6-2-7-15-22)31(23-16-8-3-9-17-23,24-18-10-4-11-19-24)25-20-12-5-13-21-25/h2-21H,1H3/q+1. The quantitative estimate of drug-likeness (QED) is 0.210. The number of rotatable bonds is 6. The van der Waals surface area contributed by atoms with Crippen molar-refractivity contribution in [3.63, 3.8) is 0 Å². The molecule has 4 aromatic rings. The van der Waals surface area contributed by atoms with E-state index in [1.165, 1.54) is 26.6 Å².